The van der Waals surface area contributed by atoms with E-state index >= 15 is 0 Å². The molecule has 5 nitrogen and oxygen atoms in total. The zero-order valence-electron chi connectivity index (χ0n) is 34.3. The van der Waals surface area contributed by atoms with Crippen LogP contribution in [0.5, 0.6) is 11.5 Å². The number of para-hydroxylation sites is 1. The second-order valence-corrected chi connectivity index (χ2v) is 16.0. The van der Waals surface area contributed by atoms with Gasteiger partial charge in [-0.15, -0.1) is 0 Å². The van der Waals surface area contributed by atoms with Gasteiger partial charge in [-0.1, -0.05) is 152 Å². The van der Waals surface area contributed by atoms with E-state index in [0.717, 1.165) is 61.9 Å². The summed E-state index contributed by atoms with van der Waals surface area (Å²) in [5, 5.41) is 4.73. The second kappa shape index (κ2) is 15.2. The summed E-state index contributed by atoms with van der Waals surface area (Å²) in [5.74, 6) is 2.39. The monoisotopic (exact) mass is 808 g/mol. The molecule has 0 N–H and O–H groups in total. The SMILES string of the molecule is c1ccc(-c2cc(-c3ccccc3)c(N3CN(c4cccc(Oc5ccc6c7ccccc7n(-c7ccccn7)c6c5)c4)c4ccc5ccccc5c43)c(-c3ccccc3)c2)cc1. The lowest BCUT2D eigenvalue weighted by molar-refractivity contribution is 0.483. The predicted molar refractivity (Wildman–Crippen MR) is 261 cm³/mol. The minimum atomic E-state index is 0.591. The summed E-state index contributed by atoms with van der Waals surface area (Å²) >= 11 is 0. The summed E-state index contributed by atoms with van der Waals surface area (Å²) < 4.78 is 8.99. The maximum atomic E-state index is 6.78. The first-order chi connectivity index (χ1) is 31.2. The highest BCUT2D eigenvalue weighted by Crippen LogP contribution is 2.54. The Balaban J connectivity index is 1.00. The summed E-state index contributed by atoms with van der Waals surface area (Å²) in [6.45, 7) is 0.591. The van der Waals surface area contributed by atoms with Crippen LogP contribution in [0.2, 0.25) is 0 Å². The molecule has 0 aliphatic carbocycles. The first-order valence-corrected chi connectivity index (χ1v) is 21.4. The maximum Gasteiger partial charge on any atom is 0.137 e. The molecule has 0 spiro atoms. The Morgan fingerprint density at radius 3 is 1.76 bits per heavy atom. The van der Waals surface area contributed by atoms with Gasteiger partial charge in [0.1, 0.15) is 24.0 Å². The Hall–Kier alpha value is -8.41. The van der Waals surface area contributed by atoms with Gasteiger partial charge in [-0.25, -0.2) is 4.98 Å². The smallest absolute Gasteiger partial charge is 0.137 e. The lowest BCUT2D eigenvalue weighted by Gasteiger charge is -2.28. The molecule has 11 aromatic rings. The summed E-state index contributed by atoms with van der Waals surface area (Å²) in [7, 11) is 0. The van der Waals surface area contributed by atoms with Crippen molar-refractivity contribution in [2.75, 3.05) is 16.5 Å². The highest BCUT2D eigenvalue weighted by atomic mass is 16.5. The van der Waals surface area contributed by atoms with E-state index in [-0.39, 0.29) is 0 Å². The number of aromatic nitrogens is 2. The van der Waals surface area contributed by atoms with Crippen molar-refractivity contribution in [3.63, 3.8) is 0 Å². The van der Waals surface area contributed by atoms with Gasteiger partial charge >= 0.3 is 0 Å². The van der Waals surface area contributed by atoms with E-state index in [0.29, 0.717) is 6.67 Å². The van der Waals surface area contributed by atoms with Gasteiger partial charge in [0.25, 0.3) is 0 Å². The normalized spacial score (nSPS) is 12.3. The van der Waals surface area contributed by atoms with Crippen LogP contribution in [0, 0.1) is 0 Å². The van der Waals surface area contributed by atoms with Crippen LogP contribution in [-0.2, 0) is 0 Å². The van der Waals surface area contributed by atoms with Crippen molar-refractivity contribution in [1.82, 2.24) is 9.55 Å². The highest BCUT2D eigenvalue weighted by molar-refractivity contribution is 6.11. The second-order valence-electron chi connectivity index (χ2n) is 16.0. The molecule has 5 heteroatoms. The zero-order chi connectivity index (χ0) is 41.7. The Labute approximate surface area is 366 Å². The highest BCUT2D eigenvalue weighted by Gasteiger charge is 2.33. The van der Waals surface area contributed by atoms with Gasteiger partial charge in [-0.2, -0.15) is 0 Å². The summed E-state index contributed by atoms with van der Waals surface area (Å²) in [5.41, 5.74) is 13.7. The van der Waals surface area contributed by atoms with Crippen LogP contribution >= 0.6 is 0 Å². The lowest BCUT2D eigenvalue weighted by atomic mass is 9.90. The van der Waals surface area contributed by atoms with E-state index in [4.69, 9.17) is 9.72 Å². The largest absolute Gasteiger partial charge is 0.457 e. The van der Waals surface area contributed by atoms with Crippen molar-refractivity contribution in [1.29, 1.82) is 0 Å². The topological polar surface area (TPSA) is 33.5 Å². The summed E-state index contributed by atoms with van der Waals surface area (Å²) in [4.78, 5) is 9.69. The predicted octanol–water partition coefficient (Wildman–Crippen LogP) is 15.4. The number of ether oxygens (including phenoxy) is 1. The van der Waals surface area contributed by atoms with Gasteiger partial charge in [-0.3, -0.25) is 4.57 Å². The molecule has 298 valence electrons. The van der Waals surface area contributed by atoms with Crippen molar-refractivity contribution in [3.05, 3.63) is 231 Å². The number of nitrogens with zero attached hydrogens (tertiary/aromatic N) is 4. The van der Waals surface area contributed by atoms with Gasteiger partial charge in [0.15, 0.2) is 0 Å². The van der Waals surface area contributed by atoms with E-state index < -0.39 is 0 Å². The Bertz CT molecular complexity index is 3400. The fourth-order valence-corrected chi connectivity index (χ4v) is 9.43. The molecule has 9 aromatic carbocycles. The van der Waals surface area contributed by atoms with Crippen molar-refractivity contribution >= 4 is 55.3 Å². The fourth-order valence-electron chi connectivity index (χ4n) is 9.43. The lowest BCUT2D eigenvalue weighted by Crippen LogP contribution is -2.25. The number of hydrogen-bond acceptors (Lipinski definition) is 4. The number of hydrogen-bond donors (Lipinski definition) is 0. The summed E-state index contributed by atoms with van der Waals surface area (Å²) in [6, 6.07) is 79.7. The minimum absolute atomic E-state index is 0.591. The third kappa shape index (κ3) is 6.37. The van der Waals surface area contributed by atoms with E-state index in [1.807, 2.05) is 30.5 Å². The number of anilines is 4. The first kappa shape index (κ1) is 36.4. The molecule has 0 saturated carbocycles. The molecular formula is C58H40N4O. The molecule has 12 rings (SSSR count). The third-order valence-electron chi connectivity index (χ3n) is 12.3. The molecule has 2 aromatic heterocycles. The van der Waals surface area contributed by atoms with Crippen LogP contribution in [-0.4, -0.2) is 16.2 Å². The molecule has 1 aliphatic heterocycles. The number of benzene rings is 9. The van der Waals surface area contributed by atoms with E-state index in [9.17, 15) is 0 Å². The van der Waals surface area contributed by atoms with Crippen molar-refractivity contribution < 1.29 is 4.74 Å². The van der Waals surface area contributed by atoms with Crippen LogP contribution < -0.4 is 14.5 Å². The molecule has 0 atom stereocenters. The molecule has 0 radical (unpaired) electrons. The van der Waals surface area contributed by atoms with Gasteiger partial charge in [0.05, 0.1) is 28.1 Å². The number of fused-ring (bicyclic) bond motifs is 6. The third-order valence-corrected chi connectivity index (χ3v) is 12.3. The molecule has 3 heterocycles. The zero-order valence-corrected chi connectivity index (χ0v) is 34.3. The first-order valence-electron chi connectivity index (χ1n) is 21.4. The van der Waals surface area contributed by atoms with Crippen LogP contribution in [0.1, 0.15) is 0 Å². The Kier molecular flexibility index (Phi) is 8.82. The quantitative estimate of drug-likeness (QED) is 0.153. The molecule has 63 heavy (non-hydrogen) atoms. The average Bonchev–Trinajstić information content (AvgIpc) is 3.91. The van der Waals surface area contributed by atoms with Gasteiger partial charge in [0.2, 0.25) is 0 Å². The van der Waals surface area contributed by atoms with Crippen molar-refractivity contribution in [2.24, 2.45) is 0 Å². The standard InChI is InChI=1S/C58H40N4O/c1-4-17-40(18-5-1)44-35-51(41-19-6-2-7-20-41)57(52(36-44)42-21-8-3-9-22-42)61-39-60(54-33-30-43-23-10-11-26-48(43)58(54)61)45-24-16-25-46(37-45)63-47-31-32-50-49-27-12-13-28-53(49)62(55(50)38-47)56-29-14-15-34-59-56/h1-38H,39H2. The van der Waals surface area contributed by atoms with E-state index in [2.05, 4.69) is 215 Å². The molecule has 0 saturated heterocycles. The number of pyridine rings is 1. The van der Waals surface area contributed by atoms with Crippen molar-refractivity contribution in [3.8, 4) is 50.7 Å². The van der Waals surface area contributed by atoms with Crippen LogP contribution in [0.3, 0.4) is 0 Å². The van der Waals surface area contributed by atoms with Crippen LogP contribution in [0.25, 0.3) is 71.8 Å². The Morgan fingerprint density at radius 1 is 0.397 bits per heavy atom. The van der Waals surface area contributed by atoms with Crippen LogP contribution in [0.15, 0.2) is 231 Å². The molecular weight excluding hydrogens is 769 g/mol. The number of rotatable bonds is 8. The molecule has 0 fully saturated rings. The Morgan fingerprint density at radius 2 is 1.03 bits per heavy atom. The fraction of sp³-hybridized carbons (Fsp3) is 0.0172. The average molecular weight is 809 g/mol. The maximum absolute atomic E-state index is 6.78. The molecule has 0 amide bonds. The van der Waals surface area contributed by atoms with Crippen LogP contribution in [0.4, 0.5) is 22.7 Å². The van der Waals surface area contributed by atoms with Crippen molar-refractivity contribution in [2.45, 2.75) is 0 Å². The molecule has 0 unspecified atom stereocenters. The molecule has 0 bridgehead atoms. The van der Waals surface area contributed by atoms with Gasteiger partial charge in [-0.05, 0) is 88.3 Å². The summed E-state index contributed by atoms with van der Waals surface area (Å²) in [6.07, 6.45) is 1.84. The van der Waals surface area contributed by atoms with E-state index in [1.54, 1.807) is 0 Å². The van der Waals surface area contributed by atoms with Gasteiger partial charge < -0.3 is 14.5 Å². The minimum Gasteiger partial charge on any atom is -0.457 e. The van der Waals surface area contributed by atoms with Gasteiger partial charge in [0, 0.05) is 51.3 Å². The molecule has 1 aliphatic rings. The van der Waals surface area contributed by atoms with E-state index in [1.165, 1.54) is 44.1 Å².